The first-order valence-electron chi connectivity index (χ1n) is 12.4. The third-order valence-electron chi connectivity index (χ3n) is 6.66. The topological polar surface area (TPSA) is 58.6 Å². The Kier molecular flexibility index (Phi) is 8.55. The van der Waals surface area contributed by atoms with Gasteiger partial charge in [0, 0.05) is 19.0 Å². The summed E-state index contributed by atoms with van der Waals surface area (Å²) < 4.78 is 5.40. The van der Waals surface area contributed by atoms with Gasteiger partial charge in [-0.2, -0.15) is 0 Å². The Morgan fingerprint density at radius 1 is 0.886 bits per heavy atom. The predicted molar refractivity (Wildman–Crippen MR) is 138 cm³/mol. The summed E-state index contributed by atoms with van der Waals surface area (Å²) in [5.41, 5.74) is 2.89. The number of benzene rings is 3. The van der Waals surface area contributed by atoms with Crippen molar-refractivity contribution in [2.75, 3.05) is 7.11 Å². The van der Waals surface area contributed by atoms with Gasteiger partial charge in [-0.25, -0.2) is 0 Å². The van der Waals surface area contributed by atoms with E-state index < -0.39 is 6.04 Å². The van der Waals surface area contributed by atoms with Crippen molar-refractivity contribution in [3.05, 3.63) is 102 Å². The Morgan fingerprint density at radius 3 is 2.17 bits per heavy atom. The Labute approximate surface area is 208 Å². The second-order valence-corrected chi connectivity index (χ2v) is 9.23. The van der Waals surface area contributed by atoms with Crippen LogP contribution in [-0.2, 0) is 29.0 Å². The Hall–Kier alpha value is -3.60. The molecule has 0 saturated heterocycles. The van der Waals surface area contributed by atoms with Gasteiger partial charge in [0.25, 0.3) is 0 Å². The van der Waals surface area contributed by atoms with E-state index in [1.54, 1.807) is 12.0 Å². The number of hydrogen-bond donors (Lipinski definition) is 1. The summed E-state index contributed by atoms with van der Waals surface area (Å²) in [6, 6.07) is 26.9. The van der Waals surface area contributed by atoms with Crippen LogP contribution < -0.4 is 10.1 Å². The summed E-state index contributed by atoms with van der Waals surface area (Å²) in [6.45, 7) is 0.332. The van der Waals surface area contributed by atoms with Crippen molar-refractivity contribution in [3.8, 4) is 5.75 Å². The van der Waals surface area contributed by atoms with Crippen LogP contribution in [0, 0.1) is 0 Å². The van der Waals surface area contributed by atoms with E-state index in [4.69, 9.17) is 4.74 Å². The van der Waals surface area contributed by atoms with Crippen molar-refractivity contribution in [2.24, 2.45) is 0 Å². The van der Waals surface area contributed by atoms with Crippen molar-refractivity contribution in [1.82, 2.24) is 10.2 Å². The number of rotatable bonds is 10. The van der Waals surface area contributed by atoms with Gasteiger partial charge in [-0.3, -0.25) is 9.59 Å². The van der Waals surface area contributed by atoms with Crippen LogP contribution in [0.1, 0.15) is 42.4 Å². The summed E-state index contributed by atoms with van der Waals surface area (Å²) in [7, 11) is 1.63. The van der Waals surface area contributed by atoms with E-state index >= 15 is 0 Å². The first-order valence-corrected chi connectivity index (χ1v) is 12.4. The maximum absolute atomic E-state index is 13.8. The molecule has 0 unspecified atom stereocenters. The van der Waals surface area contributed by atoms with Gasteiger partial charge in [-0.15, -0.1) is 0 Å². The molecule has 35 heavy (non-hydrogen) atoms. The van der Waals surface area contributed by atoms with E-state index in [1.807, 2.05) is 84.9 Å². The lowest BCUT2D eigenvalue weighted by Gasteiger charge is -2.32. The molecule has 2 amide bonds. The normalized spacial score (nSPS) is 14.3. The molecule has 0 bridgehead atoms. The lowest BCUT2D eigenvalue weighted by Crippen LogP contribution is -2.52. The van der Waals surface area contributed by atoms with Crippen LogP contribution in [0.5, 0.6) is 5.75 Å². The molecule has 5 heteroatoms. The van der Waals surface area contributed by atoms with E-state index in [0.29, 0.717) is 13.0 Å². The molecule has 1 N–H and O–H groups in total. The van der Waals surface area contributed by atoms with Gasteiger partial charge in [0.05, 0.1) is 13.5 Å². The van der Waals surface area contributed by atoms with Gasteiger partial charge >= 0.3 is 0 Å². The molecule has 182 valence electrons. The zero-order valence-electron chi connectivity index (χ0n) is 20.4. The average molecular weight is 471 g/mol. The van der Waals surface area contributed by atoms with E-state index in [1.165, 1.54) is 0 Å². The minimum atomic E-state index is -0.611. The largest absolute Gasteiger partial charge is 0.497 e. The maximum Gasteiger partial charge on any atom is 0.243 e. The highest BCUT2D eigenvalue weighted by Crippen LogP contribution is 2.22. The summed E-state index contributed by atoms with van der Waals surface area (Å²) in [5, 5.41) is 3.25. The molecular weight excluding hydrogens is 436 g/mol. The van der Waals surface area contributed by atoms with Gasteiger partial charge < -0.3 is 15.0 Å². The van der Waals surface area contributed by atoms with Crippen molar-refractivity contribution in [3.63, 3.8) is 0 Å². The summed E-state index contributed by atoms with van der Waals surface area (Å²) in [6.07, 6.45) is 4.97. The molecule has 1 atom stereocenters. The smallest absolute Gasteiger partial charge is 0.243 e. The van der Waals surface area contributed by atoms with E-state index in [9.17, 15) is 9.59 Å². The number of nitrogens with one attached hydrogen (secondary N) is 1. The molecule has 1 aliphatic carbocycles. The number of nitrogens with zero attached hydrogens (tertiary/aromatic N) is 1. The van der Waals surface area contributed by atoms with Gasteiger partial charge in [0.2, 0.25) is 11.8 Å². The van der Waals surface area contributed by atoms with Gasteiger partial charge in [-0.05, 0) is 41.7 Å². The van der Waals surface area contributed by atoms with Crippen LogP contribution >= 0.6 is 0 Å². The minimum absolute atomic E-state index is 0.0680. The molecule has 1 fully saturated rings. The molecule has 0 aliphatic heterocycles. The fourth-order valence-corrected chi connectivity index (χ4v) is 4.76. The SMILES string of the molecule is COc1cccc(CN(C(=O)Cc2ccccc2)[C@@H](Cc2ccccc2)C(=O)NC2CCCC2)c1. The van der Waals surface area contributed by atoms with Gasteiger partial charge in [0.15, 0.2) is 0 Å². The van der Waals surface area contributed by atoms with Crippen LogP contribution in [0.4, 0.5) is 0 Å². The second-order valence-electron chi connectivity index (χ2n) is 9.23. The Balaban J connectivity index is 1.66. The first kappa shape index (κ1) is 24.5. The molecule has 3 aromatic rings. The van der Waals surface area contributed by atoms with Crippen LogP contribution in [-0.4, -0.2) is 35.9 Å². The number of methoxy groups -OCH3 is 1. The summed E-state index contributed by atoms with van der Waals surface area (Å²) in [4.78, 5) is 29.2. The van der Waals surface area contributed by atoms with Crippen molar-refractivity contribution >= 4 is 11.8 Å². The third kappa shape index (κ3) is 6.95. The maximum atomic E-state index is 13.8. The Morgan fingerprint density at radius 2 is 1.51 bits per heavy atom. The van der Waals surface area contributed by atoms with Crippen LogP contribution in [0.2, 0.25) is 0 Å². The third-order valence-corrected chi connectivity index (χ3v) is 6.66. The number of amides is 2. The molecule has 4 rings (SSSR count). The predicted octanol–water partition coefficient (Wildman–Crippen LogP) is 4.94. The quantitative estimate of drug-likeness (QED) is 0.457. The van der Waals surface area contributed by atoms with Crippen molar-refractivity contribution in [2.45, 2.75) is 57.2 Å². The van der Waals surface area contributed by atoms with E-state index in [-0.39, 0.29) is 24.3 Å². The second kappa shape index (κ2) is 12.2. The molecule has 3 aromatic carbocycles. The van der Waals surface area contributed by atoms with E-state index in [0.717, 1.165) is 48.1 Å². The number of carbonyl (C=O) groups is 2. The molecular formula is C30H34N2O3. The average Bonchev–Trinajstić information content (AvgIpc) is 3.40. The van der Waals surface area contributed by atoms with Crippen molar-refractivity contribution < 1.29 is 14.3 Å². The molecule has 0 aromatic heterocycles. The number of ether oxygens (including phenoxy) is 1. The summed E-state index contributed by atoms with van der Waals surface area (Å²) in [5.74, 6) is 0.583. The van der Waals surface area contributed by atoms with Crippen LogP contribution in [0.3, 0.4) is 0 Å². The molecule has 1 aliphatic rings. The van der Waals surface area contributed by atoms with Crippen molar-refractivity contribution in [1.29, 1.82) is 0 Å². The lowest BCUT2D eigenvalue weighted by molar-refractivity contribution is -0.141. The van der Waals surface area contributed by atoms with Gasteiger partial charge in [-0.1, -0.05) is 85.6 Å². The standard InChI is InChI=1S/C30H34N2O3/c1-35-27-18-10-15-25(19-27)22-32(29(33)21-24-13-6-3-7-14-24)28(20-23-11-4-2-5-12-23)30(34)31-26-16-8-9-17-26/h2-7,10-15,18-19,26,28H,8-9,16-17,20-22H2,1H3,(H,31,34)/t28-/m0/s1. The highest BCUT2D eigenvalue weighted by Gasteiger charge is 2.32. The Bertz CT molecular complexity index is 1090. The van der Waals surface area contributed by atoms with Crippen LogP contribution in [0.25, 0.3) is 0 Å². The monoisotopic (exact) mass is 470 g/mol. The molecule has 0 heterocycles. The molecule has 0 spiro atoms. The first-order chi connectivity index (χ1) is 17.1. The zero-order valence-corrected chi connectivity index (χ0v) is 20.4. The molecule has 1 saturated carbocycles. The van der Waals surface area contributed by atoms with Crippen LogP contribution in [0.15, 0.2) is 84.9 Å². The number of hydrogen-bond acceptors (Lipinski definition) is 3. The van der Waals surface area contributed by atoms with Gasteiger partial charge in [0.1, 0.15) is 11.8 Å². The minimum Gasteiger partial charge on any atom is -0.497 e. The lowest BCUT2D eigenvalue weighted by atomic mass is 10.0. The fourth-order valence-electron chi connectivity index (χ4n) is 4.76. The highest BCUT2D eigenvalue weighted by atomic mass is 16.5. The summed E-state index contributed by atoms with van der Waals surface area (Å²) >= 11 is 0. The fraction of sp³-hybridized carbons (Fsp3) is 0.333. The highest BCUT2D eigenvalue weighted by molar-refractivity contribution is 5.89. The molecule has 5 nitrogen and oxygen atoms in total. The molecule has 0 radical (unpaired) electrons. The van der Waals surface area contributed by atoms with E-state index in [2.05, 4.69) is 5.32 Å². The number of carbonyl (C=O) groups excluding carboxylic acids is 2. The zero-order chi connectivity index (χ0) is 24.5.